The van der Waals surface area contributed by atoms with E-state index in [0.29, 0.717) is 19.4 Å². The van der Waals surface area contributed by atoms with Crippen molar-refractivity contribution in [1.82, 2.24) is 10.2 Å². The minimum Gasteiger partial charge on any atom is -0.356 e. The molecular formula is C15H28N2O2. The van der Waals surface area contributed by atoms with Crippen LogP contribution in [-0.4, -0.2) is 36.3 Å². The molecule has 1 saturated heterocycles. The van der Waals surface area contributed by atoms with Gasteiger partial charge in [-0.3, -0.25) is 9.59 Å². The zero-order chi connectivity index (χ0) is 13.9. The van der Waals surface area contributed by atoms with Crippen LogP contribution < -0.4 is 5.32 Å². The molecule has 2 amide bonds. The van der Waals surface area contributed by atoms with E-state index in [-0.39, 0.29) is 11.8 Å². The molecule has 0 aromatic heterocycles. The predicted molar refractivity (Wildman–Crippen MR) is 76.8 cm³/mol. The largest absolute Gasteiger partial charge is 0.356 e. The zero-order valence-corrected chi connectivity index (χ0v) is 12.2. The van der Waals surface area contributed by atoms with Gasteiger partial charge in [0.15, 0.2) is 0 Å². The third kappa shape index (κ3) is 7.19. The molecule has 0 aliphatic carbocycles. The first kappa shape index (κ1) is 16.0. The van der Waals surface area contributed by atoms with E-state index in [1.165, 1.54) is 19.3 Å². The third-order valence-corrected chi connectivity index (χ3v) is 3.61. The maximum absolute atomic E-state index is 11.5. The van der Waals surface area contributed by atoms with Crippen LogP contribution >= 0.6 is 0 Å². The molecule has 1 N–H and O–H groups in total. The van der Waals surface area contributed by atoms with Crippen LogP contribution in [0.3, 0.4) is 0 Å². The molecule has 4 heteroatoms. The first-order valence-electron chi connectivity index (χ1n) is 7.78. The Hall–Kier alpha value is -1.06. The summed E-state index contributed by atoms with van der Waals surface area (Å²) in [4.78, 5) is 24.8. The highest BCUT2D eigenvalue weighted by Crippen LogP contribution is 2.09. The summed E-state index contributed by atoms with van der Waals surface area (Å²) in [5.74, 6) is 0.423. The van der Waals surface area contributed by atoms with Gasteiger partial charge in [-0.15, -0.1) is 0 Å². The van der Waals surface area contributed by atoms with Gasteiger partial charge in [-0.25, -0.2) is 0 Å². The first-order valence-corrected chi connectivity index (χ1v) is 7.78. The van der Waals surface area contributed by atoms with Crippen molar-refractivity contribution in [2.75, 3.05) is 19.6 Å². The molecule has 0 aromatic rings. The molecule has 1 heterocycles. The fourth-order valence-electron chi connectivity index (χ4n) is 2.42. The highest BCUT2D eigenvalue weighted by atomic mass is 16.2. The Morgan fingerprint density at radius 1 is 1.21 bits per heavy atom. The highest BCUT2D eigenvalue weighted by molar-refractivity contribution is 5.78. The summed E-state index contributed by atoms with van der Waals surface area (Å²) < 4.78 is 0. The molecule has 19 heavy (non-hydrogen) atoms. The third-order valence-electron chi connectivity index (χ3n) is 3.61. The maximum Gasteiger partial charge on any atom is 0.222 e. The van der Waals surface area contributed by atoms with Crippen molar-refractivity contribution in [2.24, 2.45) is 0 Å². The van der Waals surface area contributed by atoms with Gasteiger partial charge in [0.05, 0.1) is 0 Å². The molecule has 0 spiro atoms. The fourth-order valence-corrected chi connectivity index (χ4v) is 2.42. The topological polar surface area (TPSA) is 49.4 Å². The van der Waals surface area contributed by atoms with Crippen LogP contribution in [0.5, 0.6) is 0 Å². The van der Waals surface area contributed by atoms with Crippen molar-refractivity contribution in [2.45, 2.75) is 64.7 Å². The highest BCUT2D eigenvalue weighted by Gasteiger charge is 2.18. The van der Waals surface area contributed by atoms with Crippen LogP contribution in [0.4, 0.5) is 0 Å². The van der Waals surface area contributed by atoms with E-state index >= 15 is 0 Å². The van der Waals surface area contributed by atoms with Crippen molar-refractivity contribution in [3.05, 3.63) is 0 Å². The number of nitrogens with zero attached hydrogens (tertiary/aromatic N) is 1. The molecule has 0 atom stereocenters. The second-order valence-electron chi connectivity index (χ2n) is 5.35. The summed E-state index contributed by atoms with van der Waals surface area (Å²) in [6, 6.07) is 0. The standard InChI is InChI=1S/C15H28N2O2/c1-2-3-4-5-6-9-14(18)16-11-8-13-17-12-7-10-15(17)19/h2-13H2,1H3,(H,16,18). The zero-order valence-electron chi connectivity index (χ0n) is 12.2. The normalized spacial score (nSPS) is 15.0. The van der Waals surface area contributed by atoms with E-state index in [2.05, 4.69) is 12.2 Å². The van der Waals surface area contributed by atoms with Gasteiger partial charge in [0.25, 0.3) is 0 Å². The SMILES string of the molecule is CCCCCCCC(=O)NCCCN1CCCC1=O. The number of carbonyl (C=O) groups excluding carboxylic acids is 2. The van der Waals surface area contributed by atoms with E-state index in [1.54, 1.807) is 0 Å². The maximum atomic E-state index is 11.5. The van der Waals surface area contributed by atoms with Crippen molar-refractivity contribution in [3.63, 3.8) is 0 Å². The Kier molecular flexibility index (Phi) is 8.26. The summed E-state index contributed by atoms with van der Waals surface area (Å²) in [6.45, 7) is 4.56. The van der Waals surface area contributed by atoms with Gasteiger partial charge in [0.1, 0.15) is 0 Å². The molecule has 1 rings (SSSR count). The van der Waals surface area contributed by atoms with Crippen molar-refractivity contribution in [3.8, 4) is 0 Å². The van der Waals surface area contributed by atoms with Gasteiger partial charge in [-0.2, -0.15) is 0 Å². The van der Waals surface area contributed by atoms with Gasteiger partial charge in [-0.05, 0) is 19.3 Å². The van der Waals surface area contributed by atoms with E-state index in [0.717, 1.165) is 38.8 Å². The first-order chi connectivity index (χ1) is 9.24. The van der Waals surface area contributed by atoms with Crippen LogP contribution in [0, 0.1) is 0 Å². The Morgan fingerprint density at radius 2 is 2.00 bits per heavy atom. The molecule has 0 aromatic carbocycles. The number of likely N-dealkylation sites (tertiary alicyclic amines) is 1. The molecule has 0 saturated carbocycles. The van der Waals surface area contributed by atoms with Gasteiger partial charge in [-0.1, -0.05) is 32.6 Å². The predicted octanol–water partition coefficient (Wildman–Crippen LogP) is 2.48. The summed E-state index contributed by atoms with van der Waals surface area (Å²) in [5.41, 5.74) is 0. The molecule has 0 radical (unpaired) electrons. The summed E-state index contributed by atoms with van der Waals surface area (Å²) in [7, 11) is 0. The lowest BCUT2D eigenvalue weighted by Crippen LogP contribution is -2.30. The molecule has 1 aliphatic heterocycles. The molecular weight excluding hydrogens is 240 g/mol. The lowest BCUT2D eigenvalue weighted by atomic mass is 10.1. The van der Waals surface area contributed by atoms with Crippen LogP contribution in [-0.2, 0) is 9.59 Å². The van der Waals surface area contributed by atoms with E-state index in [4.69, 9.17) is 0 Å². The van der Waals surface area contributed by atoms with E-state index < -0.39 is 0 Å². The number of hydrogen-bond acceptors (Lipinski definition) is 2. The molecule has 1 fully saturated rings. The van der Waals surface area contributed by atoms with Gasteiger partial charge in [0, 0.05) is 32.5 Å². The van der Waals surface area contributed by atoms with Crippen LogP contribution in [0.2, 0.25) is 0 Å². The Bertz CT molecular complexity index is 279. The lowest BCUT2D eigenvalue weighted by molar-refractivity contribution is -0.127. The minimum atomic E-state index is 0.157. The van der Waals surface area contributed by atoms with E-state index in [1.807, 2.05) is 4.90 Å². The van der Waals surface area contributed by atoms with Crippen molar-refractivity contribution in [1.29, 1.82) is 0 Å². The number of nitrogens with one attached hydrogen (secondary N) is 1. The van der Waals surface area contributed by atoms with Crippen LogP contribution in [0.1, 0.15) is 64.7 Å². The molecule has 0 bridgehead atoms. The quantitative estimate of drug-likeness (QED) is 0.619. The summed E-state index contributed by atoms with van der Waals surface area (Å²) in [5, 5.41) is 2.94. The lowest BCUT2D eigenvalue weighted by Gasteiger charge is -2.15. The second-order valence-corrected chi connectivity index (χ2v) is 5.35. The molecule has 4 nitrogen and oxygen atoms in total. The van der Waals surface area contributed by atoms with Crippen molar-refractivity contribution >= 4 is 11.8 Å². The van der Waals surface area contributed by atoms with Gasteiger partial charge in [0.2, 0.25) is 11.8 Å². The Morgan fingerprint density at radius 3 is 2.68 bits per heavy atom. The summed E-state index contributed by atoms with van der Waals surface area (Å²) >= 11 is 0. The monoisotopic (exact) mass is 268 g/mol. The number of hydrogen-bond donors (Lipinski definition) is 1. The van der Waals surface area contributed by atoms with Crippen LogP contribution in [0.25, 0.3) is 0 Å². The molecule has 1 aliphatic rings. The summed E-state index contributed by atoms with van der Waals surface area (Å²) in [6.07, 6.45) is 9.10. The van der Waals surface area contributed by atoms with Crippen LogP contribution in [0.15, 0.2) is 0 Å². The number of carbonyl (C=O) groups is 2. The van der Waals surface area contributed by atoms with Gasteiger partial charge >= 0.3 is 0 Å². The average molecular weight is 268 g/mol. The van der Waals surface area contributed by atoms with Crippen molar-refractivity contribution < 1.29 is 9.59 Å². The number of amides is 2. The molecule has 110 valence electrons. The number of rotatable bonds is 10. The number of unbranched alkanes of at least 4 members (excludes halogenated alkanes) is 4. The minimum absolute atomic E-state index is 0.157. The molecule has 0 unspecified atom stereocenters. The van der Waals surface area contributed by atoms with Gasteiger partial charge < -0.3 is 10.2 Å². The Labute approximate surface area is 116 Å². The fraction of sp³-hybridized carbons (Fsp3) is 0.867. The Balaban J connectivity index is 1.91. The smallest absolute Gasteiger partial charge is 0.222 e. The van der Waals surface area contributed by atoms with E-state index in [9.17, 15) is 9.59 Å². The average Bonchev–Trinajstić information content (AvgIpc) is 2.80. The second kappa shape index (κ2) is 9.82.